The molecule has 0 spiro atoms. The van der Waals surface area contributed by atoms with E-state index in [0.717, 1.165) is 21.7 Å². The summed E-state index contributed by atoms with van der Waals surface area (Å²) in [5.74, 6) is 2.70. The molecule has 0 aromatic heterocycles. The second kappa shape index (κ2) is 4.43. The maximum Gasteiger partial charge on any atom is 0.0412 e. The fourth-order valence-electron chi connectivity index (χ4n) is 1.68. The van der Waals surface area contributed by atoms with Crippen LogP contribution in [0.1, 0.15) is 11.1 Å². The molecule has 78 valence electrons. The van der Waals surface area contributed by atoms with Crippen LogP contribution in [0.5, 0.6) is 0 Å². The molecule has 0 aliphatic carbocycles. The Hall–Kier alpha value is -1.71. The summed E-state index contributed by atoms with van der Waals surface area (Å²) in [6, 6.07) is 13.8. The quantitative estimate of drug-likeness (QED) is 0.636. The molecule has 2 aromatic rings. The first-order chi connectivity index (χ1) is 7.70. The Labute approximate surface area is 101 Å². The van der Waals surface area contributed by atoms with Crippen molar-refractivity contribution in [3.63, 3.8) is 0 Å². The van der Waals surface area contributed by atoms with Crippen molar-refractivity contribution in [3.05, 3.63) is 58.6 Å². The molecule has 0 unspecified atom stereocenters. The van der Waals surface area contributed by atoms with Gasteiger partial charge in [0.25, 0.3) is 0 Å². The molecule has 0 amide bonds. The molecule has 2 rings (SSSR count). The molecule has 0 aliphatic rings. The smallest absolute Gasteiger partial charge is 0.0412 e. The van der Waals surface area contributed by atoms with E-state index in [4.69, 9.17) is 18.0 Å². The van der Waals surface area contributed by atoms with Gasteiger partial charge in [-0.25, -0.2) is 0 Å². The van der Waals surface area contributed by atoms with Gasteiger partial charge < -0.3 is 0 Å². The lowest BCUT2D eigenvalue weighted by Crippen LogP contribution is -1.85. The highest BCUT2D eigenvalue weighted by atomic mass is 35.5. The van der Waals surface area contributed by atoms with Crippen LogP contribution in [0.4, 0.5) is 0 Å². The molecule has 0 aliphatic heterocycles. The maximum absolute atomic E-state index is 5.98. The first-order valence-corrected chi connectivity index (χ1v) is 5.42. The number of hydrogen-bond donors (Lipinski definition) is 0. The summed E-state index contributed by atoms with van der Waals surface area (Å²) in [5, 5.41) is 0.724. The largest absolute Gasteiger partial charge is 0.115 e. The third kappa shape index (κ3) is 2.10. The summed E-state index contributed by atoms with van der Waals surface area (Å²) < 4.78 is 0. The van der Waals surface area contributed by atoms with Gasteiger partial charge in [-0.3, -0.25) is 0 Å². The Kier molecular flexibility index (Phi) is 2.99. The van der Waals surface area contributed by atoms with E-state index in [1.807, 2.05) is 43.3 Å². The molecule has 2 aromatic carbocycles. The van der Waals surface area contributed by atoms with Crippen LogP contribution in [0.25, 0.3) is 11.1 Å². The molecule has 0 saturated heterocycles. The summed E-state index contributed by atoms with van der Waals surface area (Å²) in [6.45, 7) is 2.05. The average Bonchev–Trinajstić information content (AvgIpc) is 2.29. The van der Waals surface area contributed by atoms with Gasteiger partial charge in [-0.15, -0.1) is 6.42 Å². The van der Waals surface area contributed by atoms with Crippen molar-refractivity contribution in [2.75, 3.05) is 0 Å². The van der Waals surface area contributed by atoms with E-state index in [0.29, 0.717) is 0 Å². The summed E-state index contributed by atoms with van der Waals surface area (Å²) in [5.41, 5.74) is 4.20. The van der Waals surface area contributed by atoms with E-state index in [1.165, 1.54) is 5.56 Å². The highest BCUT2D eigenvalue weighted by Gasteiger charge is 2.04. The molecule has 16 heavy (non-hydrogen) atoms. The van der Waals surface area contributed by atoms with Crippen molar-refractivity contribution in [1.29, 1.82) is 0 Å². The Morgan fingerprint density at radius 1 is 1.12 bits per heavy atom. The van der Waals surface area contributed by atoms with Crippen LogP contribution in [0.3, 0.4) is 0 Å². The van der Waals surface area contributed by atoms with Crippen molar-refractivity contribution in [2.24, 2.45) is 0 Å². The van der Waals surface area contributed by atoms with E-state index in [2.05, 4.69) is 12.0 Å². The zero-order valence-electron chi connectivity index (χ0n) is 9.00. The van der Waals surface area contributed by atoms with Crippen LogP contribution < -0.4 is 0 Å². The first-order valence-electron chi connectivity index (χ1n) is 5.04. The molecule has 0 N–H and O–H groups in total. The third-order valence-corrected chi connectivity index (χ3v) is 2.70. The highest BCUT2D eigenvalue weighted by Crippen LogP contribution is 2.26. The Morgan fingerprint density at radius 3 is 2.62 bits per heavy atom. The fraction of sp³-hybridized carbons (Fsp3) is 0.0667. The van der Waals surface area contributed by atoms with E-state index >= 15 is 0 Å². The lowest BCUT2D eigenvalue weighted by atomic mass is 9.98. The van der Waals surface area contributed by atoms with Gasteiger partial charge in [0, 0.05) is 10.6 Å². The Bertz CT molecular complexity index is 562. The fourth-order valence-corrected chi connectivity index (χ4v) is 1.87. The summed E-state index contributed by atoms with van der Waals surface area (Å²) in [7, 11) is 0. The summed E-state index contributed by atoms with van der Waals surface area (Å²) >= 11 is 5.98. The number of benzene rings is 2. The predicted molar refractivity (Wildman–Crippen MR) is 69.6 cm³/mol. The molecule has 0 heterocycles. The second-order valence-electron chi connectivity index (χ2n) is 3.70. The van der Waals surface area contributed by atoms with E-state index in [9.17, 15) is 0 Å². The zero-order chi connectivity index (χ0) is 11.5. The van der Waals surface area contributed by atoms with Gasteiger partial charge in [0.1, 0.15) is 0 Å². The lowest BCUT2D eigenvalue weighted by molar-refractivity contribution is 1.45. The van der Waals surface area contributed by atoms with Crippen LogP contribution in [-0.4, -0.2) is 0 Å². The second-order valence-corrected chi connectivity index (χ2v) is 4.14. The molecular weight excluding hydrogens is 216 g/mol. The Balaban J connectivity index is 2.64. The van der Waals surface area contributed by atoms with Gasteiger partial charge in [0.05, 0.1) is 0 Å². The number of terminal acetylenes is 1. The van der Waals surface area contributed by atoms with E-state index < -0.39 is 0 Å². The molecule has 0 nitrogen and oxygen atoms in total. The first kappa shape index (κ1) is 10.8. The van der Waals surface area contributed by atoms with Crippen LogP contribution in [0.2, 0.25) is 5.02 Å². The van der Waals surface area contributed by atoms with Gasteiger partial charge in [-0.1, -0.05) is 47.4 Å². The minimum Gasteiger partial charge on any atom is -0.115 e. The topological polar surface area (TPSA) is 0 Å². The normalized spacial score (nSPS) is 9.81. The van der Waals surface area contributed by atoms with Crippen LogP contribution in [0.15, 0.2) is 42.5 Å². The van der Waals surface area contributed by atoms with Crippen molar-refractivity contribution in [3.8, 4) is 23.5 Å². The van der Waals surface area contributed by atoms with Gasteiger partial charge in [-0.05, 0) is 36.2 Å². The molecule has 0 bridgehead atoms. The minimum absolute atomic E-state index is 0.724. The SMILES string of the molecule is C#Cc1ccc(C)cc1-c1cccc(Cl)c1. The number of halogens is 1. The molecule has 0 atom stereocenters. The third-order valence-electron chi connectivity index (χ3n) is 2.47. The number of aryl methyl sites for hydroxylation is 1. The van der Waals surface area contributed by atoms with Crippen LogP contribution >= 0.6 is 11.6 Å². The number of rotatable bonds is 1. The average molecular weight is 227 g/mol. The van der Waals surface area contributed by atoms with Gasteiger partial charge >= 0.3 is 0 Å². The molecule has 0 radical (unpaired) electrons. The Morgan fingerprint density at radius 2 is 1.94 bits per heavy atom. The van der Waals surface area contributed by atoms with Gasteiger partial charge in [-0.2, -0.15) is 0 Å². The standard InChI is InChI=1S/C15H11Cl/c1-3-12-8-7-11(2)9-15(12)13-5-4-6-14(16)10-13/h1,4-10H,2H3. The molecule has 0 saturated carbocycles. The lowest BCUT2D eigenvalue weighted by Gasteiger charge is -2.06. The van der Waals surface area contributed by atoms with Crippen molar-refractivity contribution >= 4 is 11.6 Å². The van der Waals surface area contributed by atoms with Gasteiger partial charge in [0.15, 0.2) is 0 Å². The van der Waals surface area contributed by atoms with Crippen molar-refractivity contribution < 1.29 is 0 Å². The summed E-state index contributed by atoms with van der Waals surface area (Å²) in [4.78, 5) is 0. The van der Waals surface area contributed by atoms with Crippen molar-refractivity contribution in [2.45, 2.75) is 6.92 Å². The van der Waals surface area contributed by atoms with Crippen LogP contribution in [-0.2, 0) is 0 Å². The number of hydrogen-bond acceptors (Lipinski definition) is 0. The van der Waals surface area contributed by atoms with E-state index in [1.54, 1.807) is 0 Å². The monoisotopic (exact) mass is 226 g/mol. The maximum atomic E-state index is 5.98. The summed E-state index contributed by atoms with van der Waals surface area (Å²) in [6.07, 6.45) is 5.49. The van der Waals surface area contributed by atoms with Gasteiger partial charge in [0.2, 0.25) is 0 Å². The molecule has 1 heteroatoms. The minimum atomic E-state index is 0.724. The highest BCUT2D eigenvalue weighted by molar-refractivity contribution is 6.30. The van der Waals surface area contributed by atoms with E-state index in [-0.39, 0.29) is 0 Å². The van der Waals surface area contributed by atoms with Crippen LogP contribution in [0, 0.1) is 19.3 Å². The zero-order valence-corrected chi connectivity index (χ0v) is 9.75. The predicted octanol–water partition coefficient (Wildman–Crippen LogP) is 4.30. The molecular formula is C15H11Cl. The van der Waals surface area contributed by atoms with Crippen molar-refractivity contribution in [1.82, 2.24) is 0 Å². The molecule has 0 fully saturated rings.